The maximum atomic E-state index is 12.4. The highest BCUT2D eigenvalue weighted by Crippen LogP contribution is 2.30. The van der Waals surface area contributed by atoms with Crippen LogP contribution < -0.4 is 0 Å². The van der Waals surface area contributed by atoms with Crippen LogP contribution in [0.4, 0.5) is 0 Å². The Balaban J connectivity index is 3.21. The summed E-state index contributed by atoms with van der Waals surface area (Å²) in [5, 5.41) is 8.64. The van der Waals surface area contributed by atoms with Crippen LogP contribution in [0.15, 0.2) is 12.2 Å². The van der Waals surface area contributed by atoms with Gasteiger partial charge in [0, 0.05) is 31.4 Å². The molecule has 0 amide bonds. The molecule has 192 valence electrons. The summed E-state index contributed by atoms with van der Waals surface area (Å²) in [5.74, 6) is -3.97. The molecule has 0 bridgehead atoms. The van der Waals surface area contributed by atoms with E-state index >= 15 is 0 Å². The minimum absolute atomic E-state index is 0.0792. The van der Waals surface area contributed by atoms with Crippen molar-refractivity contribution < 1.29 is 52.8 Å². The molecule has 0 spiro atoms. The summed E-state index contributed by atoms with van der Waals surface area (Å²) in [6.07, 6.45) is -2.14. The first-order chi connectivity index (χ1) is 16.1. The first-order valence-electron chi connectivity index (χ1n) is 11.4. The van der Waals surface area contributed by atoms with Gasteiger partial charge in [0.2, 0.25) is 0 Å². The van der Waals surface area contributed by atoms with E-state index in [0.29, 0.717) is 25.3 Å². The lowest BCUT2D eigenvalue weighted by molar-refractivity contribution is -0.250. The summed E-state index contributed by atoms with van der Waals surface area (Å²) in [5.41, 5.74) is 0. The maximum Gasteiger partial charge on any atom is 0.331 e. The van der Waals surface area contributed by atoms with Crippen LogP contribution in [-0.2, 0) is 47.7 Å². The van der Waals surface area contributed by atoms with Crippen molar-refractivity contribution in [1.82, 2.24) is 0 Å². The van der Waals surface area contributed by atoms with E-state index in [0.717, 1.165) is 6.08 Å². The number of carboxylic acid groups (broad SMARTS) is 1. The predicted molar refractivity (Wildman–Crippen MR) is 116 cm³/mol. The Morgan fingerprint density at radius 1 is 0.765 bits per heavy atom. The van der Waals surface area contributed by atoms with Gasteiger partial charge in [0.05, 0.1) is 6.10 Å². The summed E-state index contributed by atoms with van der Waals surface area (Å²) in [4.78, 5) is 59.3. The Morgan fingerprint density at radius 2 is 1.24 bits per heavy atom. The second-order valence-electron chi connectivity index (χ2n) is 7.79. The van der Waals surface area contributed by atoms with Crippen LogP contribution in [0.1, 0.15) is 66.2 Å². The number of carbonyl (C=O) groups is 5. The molecule has 0 aromatic rings. The molecular formula is C23H34O11. The summed E-state index contributed by atoms with van der Waals surface area (Å²) >= 11 is 0. The molecule has 1 rings (SSSR count). The number of hydrogen-bond acceptors (Lipinski definition) is 10. The molecule has 1 heterocycles. The highest BCUT2D eigenvalue weighted by atomic mass is 16.7. The molecule has 11 nitrogen and oxygen atoms in total. The number of ether oxygens (including phenoxy) is 5. The third kappa shape index (κ3) is 9.90. The van der Waals surface area contributed by atoms with Crippen molar-refractivity contribution >= 4 is 29.8 Å². The maximum absolute atomic E-state index is 12.4. The number of carbonyl (C=O) groups excluding carboxylic acids is 4. The van der Waals surface area contributed by atoms with Crippen LogP contribution in [0.3, 0.4) is 0 Å². The molecule has 1 fully saturated rings. The van der Waals surface area contributed by atoms with Gasteiger partial charge in [0.25, 0.3) is 0 Å². The standard InChI is InChI=1S/C23H34O11/c1-5-8-18(27)32-21-14(4)31-15(13-30-17(26)12-11-16(24)25)22(33-19(28)9-6-2)23(21)34-20(29)10-7-3/h11-12,14-15,21-23H,5-10,13H2,1-4H3,(H,24,25)/b12-11+/t14-,15-,21-,22+,23+/m0/s1. The van der Waals surface area contributed by atoms with Gasteiger partial charge in [-0.25, -0.2) is 9.59 Å². The van der Waals surface area contributed by atoms with E-state index in [1.54, 1.807) is 27.7 Å². The van der Waals surface area contributed by atoms with Crippen LogP contribution in [0.5, 0.6) is 0 Å². The molecule has 0 aromatic carbocycles. The van der Waals surface area contributed by atoms with Gasteiger partial charge in [-0.1, -0.05) is 20.8 Å². The predicted octanol–water partition coefficient (Wildman–Crippen LogP) is 2.09. The third-order valence-electron chi connectivity index (χ3n) is 4.78. The van der Waals surface area contributed by atoms with Gasteiger partial charge in [-0.15, -0.1) is 0 Å². The fourth-order valence-electron chi connectivity index (χ4n) is 3.27. The Bertz CT molecular complexity index is 745. The minimum atomic E-state index is -1.33. The zero-order chi connectivity index (χ0) is 25.7. The number of aliphatic carboxylic acids is 1. The highest BCUT2D eigenvalue weighted by molar-refractivity contribution is 5.90. The molecule has 5 atom stereocenters. The number of hydrogen-bond donors (Lipinski definition) is 1. The summed E-state index contributed by atoms with van der Waals surface area (Å²) in [6.45, 7) is 6.54. The van der Waals surface area contributed by atoms with Gasteiger partial charge < -0.3 is 28.8 Å². The second kappa shape index (κ2) is 15.0. The van der Waals surface area contributed by atoms with Gasteiger partial charge in [0.1, 0.15) is 12.7 Å². The molecule has 11 heteroatoms. The van der Waals surface area contributed by atoms with Crippen molar-refractivity contribution in [3.8, 4) is 0 Å². The van der Waals surface area contributed by atoms with Crippen LogP contribution in [-0.4, -0.2) is 72.1 Å². The first kappa shape index (κ1) is 29.1. The van der Waals surface area contributed by atoms with Gasteiger partial charge in [0.15, 0.2) is 18.3 Å². The lowest BCUT2D eigenvalue weighted by Crippen LogP contribution is -2.61. The van der Waals surface area contributed by atoms with Gasteiger partial charge >= 0.3 is 29.8 Å². The average molecular weight is 487 g/mol. The largest absolute Gasteiger partial charge is 0.478 e. The third-order valence-corrected chi connectivity index (χ3v) is 4.78. The van der Waals surface area contributed by atoms with E-state index in [1.807, 2.05) is 0 Å². The molecule has 0 aromatic heterocycles. The molecule has 1 aliphatic heterocycles. The fraction of sp³-hybridized carbons (Fsp3) is 0.696. The highest BCUT2D eigenvalue weighted by Gasteiger charge is 2.51. The lowest BCUT2D eigenvalue weighted by Gasteiger charge is -2.43. The smallest absolute Gasteiger partial charge is 0.331 e. The fourth-order valence-corrected chi connectivity index (χ4v) is 3.27. The normalized spacial score (nSPS) is 24.3. The van der Waals surface area contributed by atoms with Crippen LogP contribution in [0, 0.1) is 0 Å². The van der Waals surface area contributed by atoms with Crippen molar-refractivity contribution in [3.05, 3.63) is 12.2 Å². The van der Waals surface area contributed by atoms with E-state index in [1.165, 1.54) is 0 Å². The molecule has 0 saturated carbocycles. The van der Waals surface area contributed by atoms with E-state index in [4.69, 9.17) is 28.8 Å². The number of carboxylic acids is 1. The van der Waals surface area contributed by atoms with Crippen molar-refractivity contribution in [2.24, 2.45) is 0 Å². The second-order valence-corrected chi connectivity index (χ2v) is 7.79. The SMILES string of the molecule is CCCC(=O)O[C@@H]1[C@@H](OC(=O)CCC)[C@H](C)O[C@@H](COC(=O)/C=C/C(=O)O)[C@H]1OC(=O)CCC. The Hall–Kier alpha value is -2.95. The van der Waals surface area contributed by atoms with E-state index in [-0.39, 0.29) is 19.3 Å². The van der Waals surface area contributed by atoms with Crippen LogP contribution in [0.25, 0.3) is 0 Å². The zero-order valence-electron chi connectivity index (χ0n) is 20.0. The molecule has 1 N–H and O–H groups in total. The quantitative estimate of drug-likeness (QED) is 0.231. The minimum Gasteiger partial charge on any atom is -0.478 e. The Kier molecular flexibility index (Phi) is 12.9. The van der Waals surface area contributed by atoms with E-state index in [9.17, 15) is 24.0 Å². The van der Waals surface area contributed by atoms with Crippen molar-refractivity contribution in [2.75, 3.05) is 6.61 Å². The number of esters is 4. The molecule has 0 unspecified atom stereocenters. The zero-order valence-corrected chi connectivity index (χ0v) is 20.0. The van der Waals surface area contributed by atoms with Crippen LogP contribution in [0.2, 0.25) is 0 Å². The summed E-state index contributed by atoms with van der Waals surface area (Å²) < 4.78 is 27.6. The van der Waals surface area contributed by atoms with Crippen molar-refractivity contribution in [1.29, 1.82) is 0 Å². The molecule has 0 radical (unpaired) electrons. The topological polar surface area (TPSA) is 152 Å². The van der Waals surface area contributed by atoms with Crippen LogP contribution >= 0.6 is 0 Å². The average Bonchev–Trinajstić information content (AvgIpc) is 2.75. The molecule has 1 aliphatic rings. The molecule has 34 heavy (non-hydrogen) atoms. The van der Waals surface area contributed by atoms with Crippen molar-refractivity contribution in [3.63, 3.8) is 0 Å². The molecule has 1 saturated heterocycles. The summed E-state index contributed by atoms with van der Waals surface area (Å²) in [6, 6.07) is 0. The first-order valence-corrected chi connectivity index (χ1v) is 11.4. The Labute approximate surface area is 198 Å². The van der Waals surface area contributed by atoms with E-state index < -0.39 is 67.0 Å². The van der Waals surface area contributed by atoms with E-state index in [2.05, 4.69) is 0 Å². The number of rotatable bonds is 13. The van der Waals surface area contributed by atoms with Crippen molar-refractivity contribution in [2.45, 2.75) is 96.7 Å². The lowest BCUT2D eigenvalue weighted by atomic mass is 9.94. The molecular weight excluding hydrogens is 452 g/mol. The monoisotopic (exact) mass is 486 g/mol. The van der Waals surface area contributed by atoms with Gasteiger partial charge in [-0.2, -0.15) is 0 Å². The summed E-state index contributed by atoms with van der Waals surface area (Å²) in [7, 11) is 0. The van der Waals surface area contributed by atoms with Gasteiger partial charge in [-0.3, -0.25) is 14.4 Å². The molecule has 0 aliphatic carbocycles. The Morgan fingerprint density at radius 3 is 1.71 bits per heavy atom. The van der Waals surface area contributed by atoms with Gasteiger partial charge in [-0.05, 0) is 26.2 Å².